The first-order chi connectivity index (χ1) is 7.15. The molecule has 78 valence electrons. The maximum Gasteiger partial charge on any atom is 0.120 e. The van der Waals surface area contributed by atoms with E-state index in [1.807, 2.05) is 19.3 Å². The molecule has 2 heterocycles. The van der Waals surface area contributed by atoms with Crippen LogP contribution in [-0.2, 0) is 7.05 Å². The van der Waals surface area contributed by atoms with E-state index in [-0.39, 0.29) is 0 Å². The van der Waals surface area contributed by atoms with Crippen molar-refractivity contribution in [1.82, 2.24) is 14.8 Å². The van der Waals surface area contributed by atoms with Crippen LogP contribution in [0, 0.1) is 0 Å². The molecule has 0 aromatic carbocycles. The van der Waals surface area contributed by atoms with Crippen molar-refractivity contribution < 1.29 is 0 Å². The highest BCUT2D eigenvalue weighted by molar-refractivity contribution is 9.10. The lowest BCUT2D eigenvalue weighted by molar-refractivity contribution is 0.766. The van der Waals surface area contributed by atoms with Gasteiger partial charge in [0.05, 0.1) is 16.1 Å². The molecule has 0 radical (unpaired) electrons. The zero-order chi connectivity index (χ0) is 10.8. The first-order valence-electron chi connectivity index (χ1n) is 4.13. The number of pyridine rings is 1. The molecule has 0 atom stereocenters. The molecular weight excluding hydrogens is 298 g/mol. The quantitative estimate of drug-likeness (QED) is 0.852. The van der Waals surface area contributed by atoms with Gasteiger partial charge < -0.3 is 0 Å². The highest BCUT2D eigenvalue weighted by Crippen LogP contribution is 2.32. The van der Waals surface area contributed by atoms with Crippen LogP contribution in [0.25, 0.3) is 0 Å². The fraction of sp³-hybridized carbons (Fsp3) is 0.111. The summed E-state index contributed by atoms with van der Waals surface area (Å²) in [4.78, 5) is 5.25. The molecule has 0 bridgehead atoms. The minimum atomic E-state index is 0.637. The zero-order valence-electron chi connectivity index (χ0n) is 7.82. The van der Waals surface area contributed by atoms with E-state index in [9.17, 15) is 0 Å². The van der Waals surface area contributed by atoms with Crippen LogP contribution in [0.4, 0.5) is 0 Å². The molecule has 0 N–H and O–H groups in total. The maximum atomic E-state index is 6.05. The number of aryl methyl sites for hydroxylation is 1. The summed E-state index contributed by atoms with van der Waals surface area (Å²) >= 11 is 10.9. The Hall–Kier alpha value is -0.520. The molecule has 0 fully saturated rings. The SMILES string of the molecule is Cn1cc(Sc2ncc(Br)cc2Cl)cn1. The van der Waals surface area contributed by atoms with Crippen LogP contribution in [-0.4, -0.2) is 14.8 Å². The van der Waals surface area contributed by atoms with Crippen LogP contribution in [0.2, 0.25) is 5.02 Å². The van der Waals surface area contributed by atoms with Crippen LogP contribution in [0.5, 0.6) is 0 Å². The van der Waals surface area contributed by atoms with E-state index in [4.69, 9.17) is 11.6 Å². The third kappa shape index (κ3) is 2.74. The average Bonchev–Trinajstić information content (AvgIpc) is 2.56. The summed E-state index contributed by atoms with van der Waals surface area (Å²) in [7, 11) is 1.88. The molecule has 0 aliphatic carbocycles. The van der Waals surface area contributed by atoms with Crippen molar-refractivity contribution in [2.24, 2.45) is 7.05 Å². The monoisotopic (exact) mass is 303 g/mol. The number of aromatic nitrogens is 3. The minimum absolute atomic E-state index is 0.637. The third-order valence-corrected chi connectivity index (χ3v) is 3.47. The Kier molecular flexibility index (Phi) is 3.33. The summed E-state index contributed by atoms with van der Waals surface area (Å²) < 4.78 is 2.62. The van der Waals surface area contributed by atoms with Gasteiger partial charge in [-0.05, 0) is 22.0 Å². The lowest BCUT2D eigenvalue weighted by Gasteiger charge is -2.00. The van der Waals surface area contributed by atoms with Crippen molar-refractivity contribution in [1.29, 1.82) is 0 Å². The van der Waals surface area contributed by atoms with E-state index in [1.54, 1.807) is 17.1 Å². The van der Waals surface area contributed by atoms with Crippen molar-refractivity contribution in [2.45, 2.75) is 9.92 Å². The first kappa shape index (κ1) is 11.0. The molecule has 3 nitrogen and oxygen atoms in total. The Balaban J connectivity index is 2.24. The van der Waals surface area contributed by atoms with E-state index in [1.165, 1.54) is 11.8 Å². The average molecular weight is 305 g/mol. The van der Waals surface area contributed by atoms with Crippen molar-refractivity contribution in [3.8, 4) is 0 Å². The third-order valence-electron chi connectivity index (χ3n) is 1.67. The van der Waals surface area contributed by atoms with Gasteiger partial charge in [-0.2, -0.15) is 5.10 Å². The summed E-state index contributed by atoms with van der Waals surface area (Å²) in [6.45, 7) is 0. The van der Waals surface area contributed by atoms with Gasteiger partial charge in [-0.3, -0.25) is 4.68 Å². The zero-order valence-corrected chi connectivity index (χ0v) is 11.0. The van der Waals surface area contributed by atoms with Crippen LogP contribution in [0.3, 0.4) is 0 Å². The van der Waals surface area contributed by atoms with Crippen LogP contribution >= 0.6 is 39.3 Å². The summed E-state index contributed by atoms with van der Waals surface area (Å²) in [5, 5.41) is 5.50. The van der Waals surface area contributed by atoms with Gasteiger partial charge in [0.2, 0.25) is 0 Å². The summed E-state index contributed by atoms with van der Waals surface area (Å²) in [5.41, 5.74) is 0. The lowest BCUT2D eigenvalue weighted by Crippen LogP contribution is -1.84. The largest absolute Gasteiger partial charge is 0.275 e. The van der Waals surface area contributed by atoms with E-state index >= 15 is 0 Å². The second-order valence-corrected chi connectivity index (χ2v) is 5.28. The molecule has 0 saturated heterocycles. The maximum absolute atomic E-state index is 6.05. The van der Waals surface area contributed by atoms with E-state index < -0.39 is 0 Å². The Labute approximate surface area is 105 Å². The van der Waals surface area contributed by atoms with E-state index in [2.05, 4.69) is 26.0 Å². The molecule has 0 unspecified atom stereocenters. The summed E-state index contributed by atoms with van der Waals surface area (Å²) in [6, 6.07) is 1.83. The molecule has 2 aromatic rings. The molecule has 2 rings (SSSR count). The number of hydrogen-bond acceptors (Lipinski definition) is 3. The first-order valence-corrected chi connectivity index (χ1v) is 6.11. The molecule has 0 amide bonds. The fourth-order valence-corrected chi connectivity index (χ4v) is 2.58. The van der Waals surface area contributed by atoms with Crippen molar-refractivity contribution in [2.75, 3.05) is 0 Å². The van der Waals surface area contributed by atoms with Gasteiger partial charge in [0.25, 0.3) is 0 Å². The fourth-order valence-electron chi connectivity index (χ4n) is 1.04. The predicted molar refractivity (Wildman–Crippen MR) is 64.3 cm³/mol. The van der Waals surface area contributed by atoms with Crippen molar-refractivity contribution in [3.63, 3.8) is 0 Å². The minimum Gasteiger partial charge on any atom is -0.275 e. The molecule has 15 heavy (non-hydrogen) atoms. The normalized spacial score (nSPS) is 10.6. The van der Waals surface area contributed by atoms with Gasteiger partial charge in [-0.15, -0.1) is 0 Å². The second-order valence-electron chi connectivity index (χ2n) is 2.89. The Morgan fingerprint density at radius 2 is 2.27 bits per heavy atom. The van der Waals surface area contributed by atoms with Gasteiger partial charge in [-0.25, -0.2) is 4.98 Å². The molecular formula is C9H7BrClN3S. The summed E-state index contributed by atoms with van der Waals surface area (Å²) in [5.74, 6) is 0. The van der Waals surface area contributed by atoms with Crippen molar-refractivity contribution >= 4 is 39.3 Å². The van der Waals surface area contributed by atoms with Gasteiger partial charge in [0, 0.05) is 23.9 Å². The second kappa shape index (κ2) is 4.55. The highest BCUT2D eigenvalue weighted by Gasteiger charge is 2.06. The van der Waals surface area contributed by atoms with Crippen LogP contribution in [0.15, 0.2) is 39.1 Å². The number of hydrogen-bond donors (Lipinski definition) is 0. The number of rotatable bonds is 2. The standard InChI is InChI=1S/C9H7BrClN3S/c1-14-5-7(4-13-14)15-9-8(11)2-6(10)3-12-9/h2-5H,1H3. The van der Waals surface area contributed by atoms with E-state index in [0.29, 0.717) is 5.02 Å². The van der Waals surface area contributed by atoms with Crippen molar-refractivity contribution in [3.05, 3.63) is 34.2 Å². The Bertz CT molecular complexity index is 486. The molecule has 0 aliphatic heterocycles. The number of halogens is 2. The lowest BCUT2D eigenvalue weighted by atomic mass is 10.5. The Morgan fingerprint density at radius 1 is 1.47 bits per heavy atom. The molecule has 0 saturated carbocycles. The van der Waals surface area contributed by atoms with Gasteiger partial charge in [-0.1, -0.05) is 23.4 Å². The van der Waals surface area contributed by atoms with Gasteiger partial charge >= 0.3 is 0 Å². The van der Waals surface area contributed by atoms with E-state index in [0.717, 1.165) is 14.4 Å². The highest BCUT2D eigenvalue weighted by atomic mass is 79.9. The molecule has 6 heteroatoms. The molecule has 0 aliphatic rings. The van der Waals surface area contributed by atoms with Crippen LogP contribution in [0.1, 0.15) is 0 Å². The Morgan fingerprint density at radius 3 is 2.87 bits per heavy atom. The molecule has 0 spiro atoms. The smallest absolute Gasteiger partial charge is 0.120 e. The number of nitrogens with zero attached hydrogens (tertiary/aromatic N) is 3. The molecule has 2 aromatic heterocycles. The van der Waals surface area contributed by atoms with Gasteiger partial charge in [0.1, 0.15) is 5.03 Å². The predicted octanol–water partition coefficient (Wildman–Crippen LogP) is 3.38. The topological polar surface area (TPSA) is 30.7 Å². The van der Waals surface area contributed by atoms with Crippen LogP contribution < -0.4 is 0 Å². The van der Waals surface area contributed by atoms with Gasteiger partial charge in [0.15, 0.2) is 0 Å². The summed E-state index contributed by atoms with van der Waals surface area (Å²) in [6.07, 6.45) is 5.43.